The molecule has 0 amide bonds. The summed E-state index contributed by atoms with van der Waals surface area (Å²) >= 11 is 0. The Labute approximate surface area is 85.1 Å². The molecule has 1 aromatic carbocycles. The molecule has 1 aromatic rings. The molecular formula is C13H16O. The van der Waals surface area contributed by atoms with Crippen LogP contribution in [0.5, 0.6) is 0 Å². The zero-order chi connectivity index (χ0) is 10.1. The first-order valence-corrected chi connectivity index (χ1v) is 5.30. The van der Waals surface area contributed by atoms with E-state index in [9.17, 15) is 4.79 Å². The Morgan fingerprint density at radius 1 is 1.43 bits per heavy atom. The molecule has 1 nitrogen and oxygen atoms in total. The summed E-state index contributed by atoms with van der Waals surface area (Å²) in [6, 6.07) is 6.11. The summed E-state index contributed by atoms with van der Waals surface area (Å²) in [6.07, 6.45) is 3.36. The minimum absolute atomic E-state index is 0.657. The average Bonchev–Trinajstić information content (AvgIpc) is 2.59. The quantitative estimate of drug-likeness (QED) is 0.651. The standard InChI is InChI=1S/C13H16O/c1-9(2)12-6-5-11-4-3-10(8-14)7-13(11)12/h3-4,7-9,12H,5-6H2,1-2H3. The van der Waals surface area contributed by atoms with E-state index in [1.165, 1.54) is 24.0 Å². The number of aldehydes is 1. The predicted molar refractivity (Wildman–Crippen MR) is 57.7 cm³/mol. The van der Waals surface area contributed by atoms with E-state index in [0.29, 0.717) is 11.8 Å². The third-order valence-electron chi connectivity index (χ3n) is 3.23. The highest BCUT2D eigenvalue weighted by Crippen LogP contribution is 2.38. The van der Waals surface area contributed by atoms with Crippen LogP contribution in [-0.4, -0.2) is 6.29 Å². The minimum Gasteiger partial charge on any atom is -0.298 e. The van der Waals surface area contributed by atoms with Gasteiger partial charge in [0.1, 0.15) is 6.29 Å². The number of fused-ring (bicyclic) bond motifs is 1. The van der Waals surface area contributed by atoms with Crippen molar-refractivity contribution in [3.05, 3.63) is 34.9 Å². The predicted octanol–water partition coefficient (Wildman–Crippen LogP) is 3.18. The van der Waals surface area contributed by atoms with E-state index in [1.54, 1.807) is 0 Å². The lowest BCUT2D eigenvalue weighted by Crippen LogP contribution is -2.02. The van der Waals surface area contributed by atoms with E-state index >= 15 is 0 Å². The van der Waals surface area contributed by atoms with Gasteiger partial charge in [0.15, 0.2) is 0 Å². The summed E-state index contributed by atoms with van der Waals surface area (Å²) < 4.78 is 0. The van der Waals surface area contributed by atoms with E-state index in [-0.39, 0.29) is 0 Å². The third kappa shape index (κ3) is 1.47. The number of rotatable bonds is 2. The van der Waals surface area contributed by atoms with Gasteiger partial charge in [-0.15, -0.1) is 0 Å². The lowest BCUT2D eigenvalue weighted by Gasteiger charge is -2.15. The Kier molecular flexibility index (Phi) is 2.40. The Morgan fingerprint density at radius 3 is 2.86 bits per heavy atom. The van der Waals surface area contributed by atoms with Gasteiger partial charge in [-0.1, -0.05) is 26.0 Å². The molecule has 1 aliphatic rings. The molecule has 0 heterocycles. The van der Waals surface area contributed by atoms with E-state index in [0.717, 1.165) is 11.8 Å². The summed E-state index contributed by atoms with van der Waals surface area (Å²) in [6.45, 7) is 4.51. The molecule has 0 aromatic heterocycles. The highest BCUT2D eigenvalue weighted by atomic mass is 16.1. The maximum atomic E-state index is 10.7. The molecule has 0 aliphatic heterocycles. The van der Waals surface area contributed by atoms with Crippen molar-refractivity contribution in [3.8, 4) is 0 Å². The molecule has 1 atom stereocenters. The van der Waals surface area contributed by atoms with Gasteiger partial charge in [-0.25, -0.2) is 0 Å². The van der Waals surface area contributed by atoms with Crippen molar-refractivity contribution in [1.82, 2.24) is 0 Å². The van der Waals surface area contributed by atoms with Crippen molar-refractivity contribution in [1.29, 1.82) is 0 Å². The number of carbonyl (C=O) groups is 1. The Hall–Kier alpha value is -1.11. The summed E-state index contributed by atoms with van der Waals surface area (Å²) in [5.41, 5.74) is 3.66. The van der Waals surface area contributed by atoms with Gasteiger partial charge in [0, 0.05) is 5.56 Å². The first-order chi connectivity index (χ1) is 6.72. The fraction of sp³-hybridized carbons (Fsp3) is 0.462. The molecule has 1 heteroatoms. The first kappa shape index (κ1) is 9.45. The fourth-order valence-electron chi connectivity index (χ4n) is 2.42. The normalized spacial score (nSPS) is 19.8. The van der Waals surface area contributed by atoms with Crippen molar-refractivity contribution in [2.24, 2.45) is 5.92 Å². The van der Waals surface area contributed by atoms with Gasteiger partial charge >= 0.3 is 0 Å². The van der Waals surface area contributed by atoms with Crippen molar-refractivity contribution in [2.75, 3.05) is 0 Å². The van der Waals surface area contributed by atoms with E-state index in [2.05, 4.69) is 26.0 Å². The van der Waals surface area contributed by atoms with Crippen LogP contribution in [0.4, 0.5) is 0 Å². The summed E-state index contributed by atoms with van der Waals surface area (Å²) in [4.78, 5) is 10.7. The van der Waals surface area contributed by atoms with Crippen LogP contribution >= 0.6 is 0 Å². The van der Waals surface area contributed by atoms with Crippen LogP contribution in [-0.2, 0) is 6.42 Å². The average molecular weight is 188 g/mol. The van der Waals surface area contributed by atoms with E-state index < -0.39 is 0 Å². The maximum Gasteiger partial charge on any atom is 0.150 e. The van der Waals surface area contributed by atoms with Gasteiger partial charge in [-0.3, -0.25) is 4.79 Å². The highest BCUT2D eigenvalue weighted by Gasteiger charge is 2.24. The molecule has 0 bridgehead atoms. The number of hydrogen-bond donors (Lipinski definition) is 0. The maximum absolute atomic E-state index is 10.7. The molecule has 1 unspecified atom stereocenters. The van der Waals surface area contributed by atoms with Crippen LogP contribution in [0, 0.1) is 5.92 Å². The highest BCUT2D eigenvalue weighted by molar-refractivity contribution is 5.75. The van der Waals surface area contributed by atoms with Crippen LogP contribution in [0.1, 0.15) is 47.7 Å². The lowest BCUT2D eigenvalue weighted by molar-refractivity contribution is 0.112. The zero-order valence-electron chi connectivity index (χ0n) is 8.79. The van der Waals surface area contributed by atoms with Crippen molar-refractivity contribution in [2.45, 2.75) is 32.6 Å². The molecule has 0 saturated heterocycles. The van der Waals surface area contributed by atoms with Gasteiger partial charge in [0.2, 0.25) is 0 Å². The molecule has 0 fully saturated rings. The molecule has 0 saturated carbocycles. The van der Waals surface area contributed by atoms with Gasteiger partial charge < -0.3 is 0 Å². The Balaban J connectivity index is 2.41. The van der Waals surface area contributed by atoms with Gasteiger partial charge in [-0.05, 0) is 41.9 Å². The molecule has 0 N–H and O–H groups in total. The number of carbonyl (C=O) groups excluding carboxylic acids is 1. The smallest absolute Gasteiger partial charge is 0.150 e. The number of hydrogen-bond acceptors (Lipinski definition) is 1. The third-order valence-corrected chi connectivity index (χ3v) is 3.23. The van der Waals surface area contributed by atoms with Gasteiger partial charge in [0.05, 0.1) is 0 Å². The van der Waals surface area contributed by atoms with Crippen LogP contribution in [0.2, 0.25) is 0 Å². The Bertz CT molecular complexity index is 352. The molecule has 74 valence electrons. The summed E-state index contributed by atoms with van der Waals surface area (Å²) in [5.74, 6) is 1.34. The molecule has 1 aliphatic carbocycles. The van der Waals surface area contributed by atoms with Crippen LogP contribution in [0.15, 0.2) is 18.2 Å². The number of benzene rings is 1. The second kappa shape index (κ2) is 3.56. The summed E-state index contributed by atoms with van der Waals surface area (Å²) in [7, 11) is 0. The van der Waals surface area contributed by atoms with Crippen LogP contribution < -0.4 is 0 Å². The van der Waals surface area contributed by atoms with Crippen LogP contribution in [0.3, 0.4) is 0 Å². The molecule has 0 spiro atoms. The second-order valence-corrected chi connectivity index (χ2v) is 4.47. The molecule has 2 rings (SSSR count). The zero-order valence-corrected chi connectivity index (χ0v) is 8.79. The van der Waals surface area contributed by atoms with Crippen LogP contribution in [0.25, 0.3) is 0 Å². The minimum atomic E-state index is 0.657. The van der Waals surface area contributed by atoms with Crippen molar-refractivity contribution >= 4 is 6.29 Å². The lowest BCUT2D eigenvalue weighted by atomic mass is 9.89. The van der Waals surface area contributed by atoms with Gasteiger partial charge in [-0.2, -0.15) is 0 Å². The van der Waals surface area contributed by atoms with Gasteiger partial charge in [0.25, 0.3) is 0 Å². The first-order valence-electron chi connectivity index (χ1n) is 5.30. The van der Waals surface area contributed by atoms with E-state index in [1.807, 2.05) is 6.07 Å². The second-order valence-electron chi connectivity index (χ2n) is 4.47. The van der Waals surface area contributed by atoms with Crippen molar-refractivity contribution in [3.63, 3.8) is 0 Å². The SMILES string of the molecule is CC(C)C1CCc2ccc(C=O)cc21. The van der Waals surface area contributed by atoms with E-state index in [4.69, 9.17) is 0 Å². The molecule has 0 radical (unpaired) electrons. The largest absolute Gasteiger partial charge is 0.298 e. The Morgan fingerprint density at radius 2 is 2.21 bits per heavy atom. The summed E-state index contributed by atoms with van der Waals surface area (Å²) in [5, 5.41) is 0. The molecular weight excluding hydrogens is 172 g/mol. The number of aryl methyl sites for hydroxylation is 1. The topological polar surface area (TPSA) is 17.1 Å². The monoisotopic (exact) mass is 188 g/mol. The molecule has 14 heavy (non-hydrogen) atoms. The fourth-order valence-corrected chi connectivity index (χ4v) is 2.42. The van der Waals surface area contributed by atoms with Crippen molar-refractivity contribution < 1.29 is 4.79 Å².